The minimum Gasteiger partial charge on any atom is -0.356 e. The highest BCUT2D eigenvalue weighted by molar-refractivity contribution is 5.78. The summed E-state index contributed by atoms with van der Waals surface area (Å²) >= 11 is 0. The molecular weight excluding hydrogens is 503 g/mol. The summed E-state index contributed by atoms with van der Waals surface area (Å²) < 4.78 is 39.2. The second kappa shape index (κ2) is 11.6. The maximum atomic E-state index is 13.1. The van der Waals surface area contributed by atoms with Crippen LogP contribution in [-0.4, -0.2) is 30.0 Å². The summed E-state index contributed by atoms with van der Waals surface area (Å²) in [5.41, 5.74) is 3.98. The SMILES string of the molecule is Cc1ccc(-c2nc(N3CCC(NC(=O)C(C)C)CC3)cc(=O)cc2Cc2ccc(C(F)(F)F)cc2)c(C)c1. The van der Waals surface area contributed by atoms with E-state index in [0.29, 0.717) is 35.7 Å². The van der Waals surface area contributed by atoms with Crippen molar-refractivity contribution in [2.75, 3.05) is 18.0 Å². The van der Waals surface area contributed by atoms with Crippen LogP contribution in [0.4, 0.5) is 19.0 Å². The van der Waals surface area contributed by atoms with E-state index in [4.69, 9.17) is 4.98 Å². The Morgan fingerprint density at radius 3 is 2.28 bits per heavy atom. The smallest absolute Gasteiger partial charge is 0.356 e. The number of halogens is 3. The molecule has 39 heavy (non-hydrogen) atoms. The molecule has 5 nitrogen and oxygen atoms in total. The van der Waals surface area contributed by atoms with Gasteiger partial charge in [0, 0.05) is 36.7 Å². The van der Waals surface area contributed by atoms with Crippen molar-refractivity contribution < 1.29 is 18.0 Å². The van der Waals surface area contributed by atoms with Crippen molar-refractivity contribution in [2.45, 2.75) is 59.2 Å². The van der Waals surface area contributed by atoms with Crippen LogP contribution >= 0.6 is 0 Å². The van der Waals surface area contributed by atoms with Crippen LogP contribution in [0.3, 0.4) is 0 Å². The zero-order valence-corrected chi connectivity index (χ0v) is 22.7. The lowest BCUT2D eigenvalue weighted by molar-refractivity contribution is -0.137. The normalized spacial score (nSPS) is 14.5. The van der Waals surface area contributed by atoms with Crippen LogP contribution in [0.15, 0.2) is 59.4 Å². The first-order valence-corrected chi connectivity index (χ1v) is 13.2. The third-order valence-corrected chi connectivity index (χ3v) is 7.12. The van der Waals surface area contributed by atoms with Crippen molar-refractivity contribution in [1.29, 1.82) is 0 Å². The van der Waals surface area contributed by atoms with Crippen LogP contribution in [0.2, 0.25) is 0 Å². The van der Waals surface area contributed by atoms with Crippen molar-refractivity contribution in [3.8, 4) is 11.3 Å². The molecule has 0 unspecified atom stereocenters. The lowest BCUT2D eigenvalue weighted by Gasteiger charge is -2.33. The third-order valence-electron chi connectivity index (χ3n) is 7.12. The molecule has 1 saturated heterocycles. The van der Waals surface area contributed by atoms with Gasteiger partial charge in [-0.1, -0.05) is 49.7 Å². The monoisotopic (exact) mass is 537 g/mol. The number of hydrogen-bond acceptors (Lipinski definition) is 4. The Morgan fingerprint density at radius 1 is 1.03 bits per heavy atom. The van der Waals surface area contributed by atoms with Crippen LogP contribution < -0.4 is 15.6 Å². The quantitative estimate of drug-likeness (QED) is 0.414. The number of alkyl halides is 3. The van der Waals surface area contributed by atoms with Crippen LogP contribution in [0.5, 0.6) is 0 Å². The average molecular weight is 538 g/mol. The van der Waals surface area contributed by atoms with Gasteiger partial charge in [0.15, 0.2) is 5.43 Å². The fraction of sp³-hybridized carbons (Fsp3) is 0.387. The summed E-state index contributed by atoms with van der Waals surface area (Å²) in [7, 11) is 0. The van der Waals surface area contributed by atoms with Gasteiger partial charge < -0.3 is 10.2 Å². The van der Waals surface area contributed by atoms with E-state index in [0.717, 1.165) is 41.7 Å². The minimum atomic E-state index is -4.41. The maximum absolute atomic E-state index is 13.1. The van der Waals surface area contributed by atoms with Crippen molar-refractivity contribution in [3.05, 3.63) is 92.6 Å². The van der Waals surface area contributed by atoms with Crippen molar-refractivity contribution >= 4 is 11.7 Å². The number of rotatable bonds is 6. The van der Waals surface area contributed by atoms with Crippen LogP contribution in [0, 0.1) is 19.8 Å². The molecule has 2 heterocycles. The number of piperidine rings is 1. The molecule has 0 bridgehead atoms. The van der Waals surface area contributed by atoms with E-state index in [1.54, 1.807) is 6.07 Å². The Hall–Kier alpha value is -3.68. The van der Waals surface area contributed by atoms with Crippen molar-refractivity contribution in [3.63, 3.8) is 0 Å². The number of anilines is 1. The Bertz CT molecular complexity index is 1390. The van der Waals surface area contributed by atoms with E-state index in [1.807, 2.05) is 45.9 Å². The van der Waals surface area contributed by atoms with Gasteiger partial charge in [0.1, 0.15) is 5.82 Å². The third kappa shape index (κ3) is 7.05. The molecule has 1 N–H and O–H groups in total. The van der Waals surface area contributed by atoms with Gasteiger partial charge in [0.05, 0.1) is 11.3 Å². The van der Waals surface area contributed by atoms with Gasteiger partial charge >= 0.3 is 6.18 Å². The Labute approximate surface area is 227 Å². The second-order valence-corrected chi connectivity index (χ2v) is 10.6. The number of benzene rings is 2. The van der Waals surface area contributed by atoms with Gasteiger partial charge in [-0.15, -0.1) is 0 Å². The van der Waals surface area contributed by atoms with Gasteiger partial charge in [-0.05, 0) is 68.0 Å². The topological polar surface area (TPSA) is 62.3 Å². The number of nitrogens with one attached hydrogen (secondary N) is 1. The summed E-state index contributed by atoms with van der Waals surface area (Å²) in [6, 6.07) is 14.2. The number of aryl methyl sites for hydroxylation is 2. The highest BCUT2D eigenvalue weighted by Crippen LogP contribution is 2.31. The van der Waals surface area contributed by atoms with Gasteiger partial charge in [0.2, 0.25) is 5.91 Å². The van der Waals surface area contributed by atoms with E-state index >= 15 is 0 Å². The summed E-state index contributed by atoms with van der Waals surface area (Å²) in [6.07, 6.45) is -2.67. The van der Waals surface area contributed by atoms with Crippen LogP contribution in [0.1, 0.15) is 54.5 Å². The molecule has 1 amide bonds. The largest absolute Gasteiger partial charge is 0.416 e. The average Bonchev–Trinajstić information content (AvgIpc) is 3.02. The number of nitrogens with zero attached hydrogens (tertiary/aromatic N) is 2. The first kappa shape index (κ1) is 28.3. The van der Waals surface area contributed by atoms with E-state index < -0.39 is 11.7 Å². The molecule has 8 heteroatoms. The second-order valence-electron chi connectivity index (χ2n) is 10.6. The summed E-state index contributed by atoms with van der Waals surface area (Å²) in [5.74, 6) is 0.510. The van der Waals surface area contributed by atoms with Crippen molar-refractivity contribution in [2.24, 2.45) is 5.92 Å². The first-order chi connectivity index (χ1) is 18.4. The fourth-order valence-corrected chi connectivity index (χ4v) is 4.89. The predicted octanol–water partition coefficient (Wildman–Crippen LogP) is 6.08. The highest BCUT2D eigenvalue weighted by Gasteiger charge is 2.30. The number of carbonyl (C=O) groups excluding carboxylic acids is 1. The Kier molecular flexibility index (Phi) is 8.42. The molecule has 1 aliphatic rings. The zero-order valence-electron chi connectivity index (χ0n) is 22.7. The minimum absolute atomic E-state index is 0.0320. The standard InChI is InChI=1S/C31H34F3N3O2/c1-19(2)30(39)35-25-11-13-37(14-12-25)28-18-26(38)17-23(16-22-6-8-24(9-7-22)31(32,33)34)29(36-28)27-10-5-20(3)15-21(27)4/h5-10,15,17-19,25H,11-14,16H2,1-4H3,(H,35,39). The molecule has 206 valence electrons. The van der Waals surface area contributed by atoms with Crippen LogP contribution in [0.25, 0.3) is 11.3 Å². The lowest BCUT2D eigenvalue weighted by Crippen LogP contribution is -2.46. The van der Waals surface area contributed by atoms with E-state index in [-0.39, 0.29) is 29.7 Å². The predicted molar refractivity (Wildman–Crippen MR) is 148 cm³/mol. The molecule has 0 atom stereocenters. The molecule has 0 aliphatic carbocycles. The summed E-state index contributed by atoms with van der Waals surface area (Å²) in [6.45, 7) is 9.00. The zero-order chi connectivity index (χ0) is 28.3. The summed E-state index contributed by atoms with van der Waals surface area (Å²) in [5, 5.41) is 3.09. The van der Waals surface area contributed by atoms with E-state index in [2.05, 4.69) is 10.2 Å². The molecule has 3 aromatic rings. The maximum Gasteiger partial charge on any atom is 0.416 e. The highest BCUT2D eigenvalue weighted by atomic mass is 19.4. The number of hydrogen-bond donors (Lipinski definition) is 1. The van der Waals surface area contributed by atoms with Crippen molar-refractivity contribution in [1.82, 2.24) is 10.3 Å². The Balaban J connectivity index is 1.70. The van der Waals surface area contributed by atoms with Gasteiger partial charge in [-0.25, -0.2) is 4.98 Å². The molecule has 1 aromatic heterocycles. The molecule has 0 saturated carbocycles. The number of amides is 1. The molecule has 1 fully saturated rings. The van der Waals surface area contributed by atoms with E-state index in [1.165, 1.54) is 18.2 Å². The molecule has 4 rings (SSSR count). The number of aromatic nitrogens is 1. The summed E-state index contributed by atoms with van der Waals surface area (Å²) in [4.78, 5) is 32.3. The van der Waals surface area contributed by atoms with E-state index in [9.17, 15) is 22.8 Å². The molecular formula is C31H34F3N3O2. The number of carbonyl (C=O) groups is 1. The van der Waals surface area contributed by atoms with Crippen LogP contribution in [-0.2, 0) is 17.4 Å². The molecule has 0 radical (unpaired) electrons. The van der Waals surface area contributed by atoms with Gasteiger partial charge in [-0.2, -0.15) is 13.2 Å². The first-order valence-electron chi connectivity index (χ1n) is 13.2. The lowest BCUT2D eigenvalue weighted by atomic mass is 9.96. The molecule has 2 aromatic carbocycles. The molecule has 0 spiro atoms. The van der Waals surface area contributed by atoms with Gasteiger partial charge in [-0.3, -0.25) is 9.59 Å². The Morgan fingerprint density at radius 2 is 1.69 bits per heavy atom. The fourth-order valence-electron chi connectivity index (χ4n) is 4.89. The molecule has 1 aliphatic heterocycles. The van der Waals surface area contributed by atoms with Gasteiger partial charge in [0.25, 0.3) is 0 Å².